The van der Waals surface area contributed by atoms with Crippen LogP contribution in [-0.4, -0.2) is 15.8 Å². The molecular formula is C27H32O4S. The van der Waals surface area contributed by atoms with Crippen molar-refractivity contribution in [1.29, 1.82) is 0 Å². The summed E-state index contributed by atoms with van der Waals surface area (Å²) in [5.74, 6) is 0.959. The molecule has 5 heteroatoms. The van der Waals surface area contributed by atoms with Crippen LogP contribution in [0.4, 0.5) is 0 Å². The van der Waals surface area contributed by atoms with Crippen molar-refractivity contribution in [3.8, 4) is 11.5 Å². The van der Waals surface area contributed by atoms with Gasteiger partial charge in [-0.15, -0.1) is 0 Å². The highest BCUT2D eigenvalue weighted by Gasteiger charge is 2.61. The second-order valence-corrected chi connectivity index (χ2v) is 11.6. The monoisotopic (exact) mass is 452 g/mol. The zero-order valence-electron chi connectivity index (χ0n) is 19.6. The lowest BCUT2D eigenvalue weighted by Gasteiger charge is -2.15. The number of thioether (sulfide) groups is 1. The number of ether oxygens (including phenoxy) is 2. The van der Waals surface area contributed by atoms with Gasteiger partial charge in [-0.25, -0.2) is 0 Å². The number of hydrogen-bond donors (Lipinski definition) is 0. The van der Waals surface area contributed by atoms with E-state index >= 15 is 0 Å². The summed E-state index contributed by atoms with van der Waals surface area (Å²) in [6.07, 6.45) is 3.07. The Hall–Kier alpha value is -2.53. The lowest BCUT2D eigenvalue weighted by molar-refractivity contribution is -0.151. The van der Waals surface area contributed by atoms with Gasteiger partial charge in [0.05, 0.1) is 5.92 Å². The van der Waals surface area contributed by atoms with E-state index in [1.165, 1.54) is 11.8 Å². The Labute approximate surface area is 195 Å². The van der Waals surface area contributed by atoms with E-state index in [0.717, 1.165) is 11.3 Å². The predicted octanol–water partition coefficient (Wildman–Crippen LogP) is 6.97. The van der Waals surface area contributed by atoms with Crippen LogP contribution in [0.3, 0.4) is 0 Å². The van der Waals surface area contributed by atoms with Crippen molar-refractivity contribution < 1.29 is 19.1 Å². The average Bonchev–Trinajstić information content (AvgIpc) is 3.26. The Balaban J connectivity index is 1.60. The zero-order chi connectivity index (χ0) is 23.5. The second-order valence-electron chi connectivity index (χ2n) is 9.78. The van der Waals surface area contributed by atoms with E-state index < -0.39 is 6.10 Å². The van der Waals surface area contributed by atoms with Crippen LogP contribution in [0.25, 0.3) is 0 Å². The molecule has 0 bridgehead atoms. The molecule has 3 atom stereocenters. The van der Waals surface area contributed by atoms with Gasteiger partial charge in [0, 0.05) is 4.75 Å². The van der Waals surface area contributed by atoms with Crippen molar-refractivity contribution in [3.63, 3.8) is 0 Å². The lowest BCUT2D eigenvalue weighted by atomic mass is 10.1. The molecule has 4 nitrogen and oxygen atoms in total. The van der Waals surface area contributed by atoms with Gasteiger partial charge in [0.25, 0.3) is 0 Å². The standard InChI is InChI=1S/C27H32O4S/c1-18(19-11-10-14-21(17-19)31-20-12-8-7-9-13-20)30-25(29)24-22(27(24,5)6)15-16-23(28)32-26(2,3)4/h7-18,22,24H,1-6H3/t18?,22-,24-/m0/s1. The van der Waals surface area contributed by atoms with Gasteiger partial charge in [-0.05, 0) is 54.2 Å². The lowest BCUT2D eigenvalue weighted by Crippen LogP contribution is -2.13. The molecule has 0 heterocycles. The summed E-state index contributed by atoms with van der Waals surface area (Å²) >= 11 is 1.29. The Kier molecular flexibility index (Phi) is 7.19. The highest BCUT2D eigenvalue weighted by Crippen LogP contribution is 2.59. The molecule has 0 aliphatic heterocycles. The first-order chi connectivity index (χ1) is 15.0. The van der Waals surface area contributed by atoms with E-state index in [4.69, 9.17) is 9.47 Å². The molecular weight excluding hydrogens is 420 g/mol. The third-order valence-electron chi connectivity index (χ3n) is 5.61. The number of hydrogen-bond acceptors (Lipinski definition) is 5. The predicted molar refractivity (Wildman–Crippen MR) is 130 cm³/mol. The molecule has 32 heavy (non-hydrogen) atoms. The average molecular weight is 453 g/mol. The number of para-hydroxylation sites is 1. The first-order valence-corrected chi connectivity index (χ1v) is 11.7. The van der Waals surface area contributed by atoms with Gasteiger partial charge in [-0.2, -0.15) is 0 Å². The second kappa shape index (κ2) is 9.53. The van der Waals surface area contributed by atoms with Gasteiger partial charge in [0.15, 0.2) is 0 Å². The minimum absolute atomic E-state index is 0.000494. The molecule has 1 aliphatic carbocycles. The SMILES string of the molecule is CC(OC(=O)[C@@H]1[C@H](C=CC(=O)SC(C)(C)C)C1(C)C)c1cccc(Oc2ccccc2)c1. The highest BCUT2D eigenvalue weighted by molar-refractivity contribution is 8.15. The van der Waals surface area contributed by atoms with Crippen molar-refractivity contribution in [3.05, 3.63) is 72.3 Å². The largest absolute Gasteiger partial charge is 0.458 e. The summed E-state index contributed by atoms with van der Waals surface area (Å²) in [5.41, 5.74) is 0.646. The normalized spacial score (nSPS) is 20.6. The molecule has 1 fully saturated rings. The quantitative estimate of drug-likeness (QED) is 0.335. The summed E-state index contributed by atoms with van der Waals surface area (Å²) in [6.45, 7) is 12.0. The van der Waals surface area contributed by atoms with Gasteiger partial charge in [0.1, 0.15) is 17.6 Å². The van der Waals surface area contributed by atoms with Crippen LogP contribution < -0.4 is 4.74 Å². The maximum absolute atomic E-state index is 12.9. The third-order valence-corrected chi connectivity index (χ3v) is 6.56. The van der Waals surface area contributed by atoms with Gasteiger partial charge in [-0.1, -0.05) is 82.8 Å². The van der Waals surface area contributed by atoms with E-state index in [9.17, 15) is 9.59 Å². The van der Waals surface area contributed by atoms with Crippen LogP contribution in [0.5, 0.6) is 11.5 Å². The number of carbonyl (C=O) groups is 2. The van der Waals surface area contributed by atoms with Gasteiger partial charge < -0.3 is 9.47 Å². The van der Waals surface area contributed by atoms with E-state index in [1.807, 2.05) is 102 Å². The smallest absolute Gasteiger partial charge is 0.310 e. The Morgan fingerprint density at radius 1 is 1.03 bits per heavy atom. The minimum atomic E-state index is -0.402. The topological polar surface area (TPSA) is 52.6 Å². The fourth-order valence-corrected chi connectivity index (χ4v) is 4.53. The summed E-state index contributed by atoms with van der Waals surface area (Å²) < 4.78 is 11.6. The van der Waals surface area contributed by atoms with E-state index in [1.54, 1.807) is 6.08 Å². The molecule has 0 radical (unpaired) electrons. The number of rotatable bonds is 7. The van der Waals surface area contributed by atoms with E-state index in [2.05, 4.69) is 0 Å². The number of carbonyl (C=O) groups excluding carboxylic acids is 2. The molecule has 0 amide bonds. The third kappa shape index (κ3) is 6.26. The van der Waals surface area contributed by atoms with E-state index in [-0.39, 0.29) is 33.1 Å². The van der Waals surface area contributed by atoms with Crippen molar-refractivity contribution >= 4 is 22.8 Å². The number of benzene rings is 2. The molecule has 0 saturated heterocycles. The van der Waals surface area contributed by atoms with Crippen molar-refractivity contribution in [2.45, 2.75) is 52.4 Å². The van der Waals surface area contributed by atoms with Crippen molar-refractivity contribution in [2.75, 3.05) is 0 Å². The van der Waals surface area contributed by atoms with Crippen LogP contribution in [-0.2, 0) is 14.3 Å². The molecule has 1 unspecified atom stereocenters. The maximum atomic E-state index is 12.9. The van der Waals surface area contributed by atoms with Gasteiger partial charge in [0.2, 0.25) is 5.12 Å². The molecule has 3 rings (SSSR count). The molecule has 170 valence electrons. The molecule has 1 aliphatic rings. The highest BCUT2D eigenvalue weighted by atomic mass is 32.2. The molecule has 0 N–H and O–H groups in total. The Morgan fingerprint density at radius 2 is 1.69 bits per heavy atom. The first-order valence-electron chi connectivity index (χ1n) is 10.9. The fraction of sp³-hybridized carbons (Fsp3) is 0.407. The summed E-state index contributed by atoms with van der Waals surface area (Å²) in [5, 5.41) is 0.0101. The van der Waals surface area contributed by atoms with Crippen LogP contribution >= 0.6 is 11.8 Å². The van der Waals surface area contributed by atoms with Crippen molar-refractivity contribution in [1.82, 2.24) is 0 Å². The first kappa shape index (κ1) is 24.1. The van der Waals surface area contributed by atoms with Crippen LogP contribution in [0.1, 0.15) is 53.2 Å². The van der Waals surface area contributed by atoms with Gasteiger partial charge in [-0.3, -0.25) is 9.59 Å². The molecule has 0 spiro atoms. The summed E-state index contributed by atoms with van der Waals surface area (Å²) in [6, 6.07) is 17.1. The minimum Gasteiger partial charge on any atom is -0.458 e. The maximum Gasteiger partial charge on any atom is 0.310 e. The summed E-state index contributed by atoms with van der Waals surface area (Å²) in [4.78, 5) is 25.0. The van der Waals surface area contributed by atoms with Crippen LogP contribution in [0.15, 0.2) is 66.7 Å². The molecule has 1 saturated carbocycles. The molecule has 0 aromatic heterocycles. The number of esters is 1. The molecule has 2 aromatic carbocycles. The van der Waals surface area contributed by atoms with E-state index in [0.29, 0.717) is 5.75 Å². The Morgan fingerprint density at radius 3 is 2.34 bits per heavy atom. The number of allylic oxidation sites excluding steroid dienone is 1. The fourth-order valence-electron chi connectivity index (χ4n) is 3.78. The van der Waals surface area contributed by atoms with Crippen molar-refractivity contribution in [2.24, 2.45) is 17.3 Å². The zero-order valence-corrected chi connectivity index (χ0v) is 20.4. The van der Waals surface area contributed by atoms with Gasteiger partial charge >= 0.3 is 5.97 Å². The van der Waals surface area contributed by atoms with Crippen LogP contribution in [0, 0.1) is 17.3 Å². The molecule has 2 aromatic rings. The van der Waals surface area contributed by atoms with Crippen LogP contribution in [0.2, 0.25) is 0 Å². The summed E-state index contributed by atoms with van der Waals surface area (Å²) in [7, 11) is 0. The Bertz CT molecular complexity index is 988.